The molecule has 1 aliphatic carbocycles. The molecule has 0 bridgehead atoms. The van der Waals surface area contributed by atoms with Crippen molar-refractivity contribution in [3.8, 4) is 0 Å². The highest BCUT2D eigenvalue weighted by Gasteiger charge is 2.41. The molecule has 0 amide bonds. The summed E-state index contributed by atoms with van der Waals surface area (Å²) in [5.74, 6) is -0.133. The maximum absolute atomic E-state index is 12.8. The Hall–Kier alpha value is -3.14. The number of hydrogen-bond acceptors (Lipinski definition) is 4. The number of nitrogens with one attached hydrogen (secondary N) is 1. The number of aliphatic imine (C=N–C) groups is 1. The van der Waals surface area contributed by atoms with E-state index in [1.807, 2.05) is 80.0 Å². The molecule has 0 spiro atoms. The van der Waals surface area contributed by atoms with Crippen LogP contribution in [0.4, 0.5) is 11.4 Å². The van der Waals surface area contributed by atoms with Crippen LogP contribution in [0.1, 0.15) is 33.1 Å². The second-order valence-electron chi connectivity index (χ2n) is 7.25. The maximum atomic E-state index is 12.8. The smallest absolute Gasteiger partial charge is 0.312 e. The summed E-state index contributed by atoms with van der Waals surface area (Å²) in [6, 6.07) is 19.8. The van der Waals surface area contributed by atoms with Crippen LogP contribution in [0.15, 0.2) is 89.1 Å². The van der Waals surface area contributed by atoms with Crippen LogP contribution < -0.4 is 5.32 Å². The second-order valence-corrected chi connectivity index (χ2v) is 7.25. The largest absolute Gasteiger partial charge is 0.466 e. The molecule has 29 heavy (non-hydrogen) atoms. The first kappa shape index (κ1) is 20.6. The van der Waals surface area contributed by atoms with E-state index < -0.39 is 5.41 Å². The first-order chi connectivity index (χ1) is 14.1. The highest BCUT2D eigenvalue weighted by Crippen LogP contribution is 2.42. The Labute approximate surface area is 173 Å². The lowest BCUT2D eigenvalue weighted by atomic mass is 9.70. The predicted octanol–water partition coefficient (Wildman–Crippen LogP) is 6.06. The van der Waals surface area contributed by atoms with E-state index >= 15 is 0 Å². The third-order valence-electron chi connectivity index (χ3n) is 5.17. The van der Waals surface area contributed by atoms with E-state index in [0.29, 0.717) is 25.9 Å². The van der Waals surface area contributed by atoms with Crippen LogP contribution in [0.3, 0.4) is 0 Å². The van der Waals surface area contributed by atoms with Crippen LogP contribution in [0, 0.1) is 5.41 Å². The molecule has 1 N–H and O–H groups in total. The molecule has 150 valence electrons. The first-order valence-electron chi connectivity index (χ1n) is 10.1. The van der Waals surface area contributed by atoms with Gasteiger partial charge < -0.3 is 10.1 Å². The van der Waals surface area contributed by atoms with Crippen LogP contribution in [0.25, 0.3) is 0 Å². The lowest BCUT2D eigenvalue weighted by Gasteiger charge is -2.34. The molecule has 3 rings (SSSR count). The number of ether oxygens (including phenoxy) is 1. The van der Waals surface area contributed by atoms with Gasteiger partial charge in [-0.1, -0.05) is 49.4 Å². The summed E-state index contributed by atoms with van der Waals surface area (Å²) in [6.45, 7) is 4.29. The summed E-state index contributed by atoms with van der Waals surface area (Å²) < 4.78 is 5.44. The summed E-state index contributed by atoms with van der Waals surface area (Å²) in [4.78, 5) is 17.4. The molecule has 0 saturated heterocycles. The second kappa shape index (κ2) is 9.87. The third kappa shape index (κ3) is 5.44. The van der Waals surface area contributed by atoms with E-state index in [1.54, 1.807) is 0 Å². The summed E-state index contributed by atoms with van der Waals surface area (Å²) in [7, 11) is 0. The predicted molar refractivity (Wildman–Crippen MR) is 119 cm³/mol. The van der Waals surface area contributed by atoms with Gasteiger partial charge in [0.1, 0.15) is 0 Å². The average molecular weight is 389 g/mol. The molecule has 1 aliphatic rings. The molecule has 0 fully saturated rings. The van der Waals surface area contributed by atoms with E-state index in [4.69, 9.17) is 4.74 Å². The maximum Gasteiger partial charge on any atom is 0.312 e. The number of hydrogen-bond donors (Lipinski definition) is 1. The third-order valence-corrected chi connectivity index (χ3v) is 5.17. The van der Waals surface area contributed by atoms with Crippen LogP contribution in [0.2, 0.25) is 0 Å². The van der Waals surface area contributed by atoms with Gasteiger partial charge in [0, 0.05) is 18.1 Å². The van der Waals surface area contributed by atoms with Crippen molar-refractivity contribution in [3.63, 3.8) is 0 Å². The van der Waals surface area contributed by atoms with E-state index in [9.17, 15) is 4.79 Å². The molecule has 2 aromatic rings. The van der Waals surface area contributed by atoms with Crippen LogP contribution in [-0.4, -0.2) is 18.8 Å². The number of allylic oxidation sites excluding steroid dienone is 3. The first-order valence-corrected chi connectivity index (χ1v) is 10.1. The lowest BCUT2D eigenvalue weighted by Crippen LogP contribution is -2.35. The van der Waals surface area contributed by atoms with Gasteiger partial charge in [-0.2, -0.15) is 0 Å². The van der Waals surface area contributed by atoms with Crippen molar-refractivity contribution < 1.29 is 9.53 Å². The molecule has 1 unspecified atom stereocenters. The van der Waals surface area contributed by atoms with Gasteiger partial charge in [-0.3, -0.25) is 9.79 Å². The molecule has 0 aliphatic heterocycles. The standard InChI is InChI=1S/C25H28N2O2/c1-3-25(24(28)29-4-2)16-20(18-26-22-11-7-5-8-12-22)15-21(17-25)19-27-23-13-9-6-10-14-23/h5-15,18-19,26H,3-4,16-17H2,1-2H3/b20-18-,27-19?. The van der Waals surface area contributed by atoms with Crippen molar-refractivity contribution in [2.45, 2.75) is 33.1 Å². The number of nitrogens with zero attached hydrogens (tertiary/aromatic N) is 1. The molecule has 0 heterocycles. The van der Waals surface area contributed by atoms with E-state index in [1.165, 1.54) is 0 Å². The minimum Gasteiger partial charge on any atom is -0.466 e. The Morgan fingerprint density at radius 1 is 1.07 bits per heavy atom. The van der Waals surface area contributed by atoms with Gasteiger partial charge in [0.2, 0.25) is 0 Å². The lowest BCUT2D eigenvalue weighted by molar-refractivity contribution is -0.155. The fraction of sp³-hybridized carbons (Fsp3) is 0.280. The summed E-state index contributed by atoms with van der Waals surface area (Å²) in [6.07, 6.45) is 7.95. The number of carbonyl (C=O) groups excluding carboxylic acids is 1. The molecular weight excluding hydrogens is 360 g/mol. The highest BCUT2D eigenvalue weighted by molar-refractivity contribution is 5.86. The molecule has 0 aromatic heterocycles. The summed E-state index contributed by atoms with van der Waals surface area (Å²) in [5, 5.41) is 3.34. The Morgan fingerprint density at radius 2 is 1.76 bits per heavy atom. The Kier molecular flexibility index (Phi) is 7.01. The van der Waals surface area contributed by atoms with Gasteiger partial charge in [0.05, 0.1) is 17.7 Å². The number of para-hydroxylation sites is 2. The van der Waals surface area contributed by atoms with Gasteiger partial charge in [0.15, 0.2) is 0 Å². The minimum atomic E-state index is -0.562. The number of rotatable bonds is 7. The van der Waals surface area contributed by atoms with Crippen molar-refractivity contribution in [2.24, 2.45) is 10.4 Å². The van der Waals surface area contributed by atoms with E-state index in [-0.39, 0.29) is 5.97 Å². The fourth-order valence-electron chi connectivity index (χ4n) is 3.56. The molecule has 2 aromatic carbocycles. The summed E-state index contributed by atoms with van der Waals surface area (Å²) >= 11 is 0. The number of anilines is 1. The highest BCUT2D eigenvalue weighted by atomic mass is 16.5. The normalized spacial score (nSPS) is 20.5. The molecule has 4 nitrogen and oxygen atoms in total. The van der Waals surface area contributed by atoms with Crippen LogP contribution in [0.5, 0.6) is 0 Å². The monoisotopic (exact) mass is 388 g/mol. The Balaban J connectivity index is 1.90. The molecular formula is C25H28N2O2. The van der Waals surface area contributed by atoms with Crippen LogP contribution in [-0.2, 0) is 9.53 Å². The zero-order chi connectivity index (χ0) is 20.5. The van der Waals surface area contributed by atoms with E-state index in [0.717, 1.165) is 22.5 Å². The van der Waals surface area contributed by atoms with Gasteiger partial charge in [-0.15, -0.1) is 0 Å². The molecule has 4 heteroatoms. The molecule has 0 radical (unpaired) electrons. The SMILES string of the molecule is CCOC(=O)C1(CC)CC(C=Nc2ccccc2)=C/C(=C/Nc2ccccc2)C1. The topological polar surface area (TPSA) is 50.7 Å². The number of carbonyl (C=O) groups is 1. The van der Waals surface area contributed by atoms with E-state index in [2.05, 4.69) is 23.3 Å². The van der Waals surface area contributed by atoms with Gasteiger partial charge >= 0.3 is 5.97 Å². The number of benzene rings is 2. The van der Waals surface area contributed by atoms with Gasteiger partial charge in [0.25, 0.3) is 0 Å². The van der Waals surface area contributed by atoms with Crippen molar-refractivity contribution in [1.29, 1.82) is 0 Å². The zero-order valence-corrected chi connectivity index (χ0v) is 17.1. The fourth-order valence-corrected chi connectivity index (χ4v) is 3.56. The van der Waals surface area contributed by atoms with Gasteiger partial charge in [-0.05, 0) is 61.6 Å². The average Bonchev–Trinajstić information content (AvgIpc) is 2.77. The minimum absolute atomic E-state index is 0.133. The Morgan fingerprint density at radius 3 is 2.41 bits per heavy atom. The quantitative estimate of drug-likeness (QED) is 0.463. The van der Waals surface area contributed by atoms with Gasteiger partial charge in [-0.25, -0.2) is 0 Å². The zero-order valence-electron chi connectivity index (χ0n) is 17.1. The molecule has 0 saturated carbocycles. The Bertz CT molecular complexity index is 901. The summed E-state index contributed by atoms with van der Waals surface area (Å²) in [5.41, 5.74) is 3.43. The van der Waals surface area contributed by atoms with Crippen molar-refractivity contribution >= 4 is 23.6 Å². The van der Waals surface area contributed by atoms with Crippen molar-refractivity contribution in [2.75, 3.05) is 11.9 Å². The number of esters is 1. The van der Waals surface area contributed by atoms with Crippen molar-refractivity contribution in [1.82, 2.24) is 0 Å². The van der Waals surface area contributed by atoms with Crippen LogP contribution >= 0.6 is 0 Å². The van der Waals surface area contributed by atoms with Crippen molar-refractivity contribution in [3.05, 3.63) is 84.1 Å². The molecule has 1 atom stereocenters.